The Balaban J connectivity index is 0.963. The molecule has 1 atom stereocenters. The third kappa shape index (κ3) is 9.04. The van der Waals surface area contributed by atoms with Gasteiger partial charge in [0.1, 0.15) is 11.4 Å². The summed E-state index contributed by atoms with van der Waals surface area (Å²) in [4.78, 5) is 89.9. The van der Waals surface area contributed by atoms with E-state index in [1.165, 1.54) is 27.7 Å². The number of nitrogens with zero attached hydrogens (tertiary/aromatic N) is 9. The second kappa shape index (κ2) is 16.6. The van der Waals surface area contributed by atoms with Gasteiger partial charge in [0.2, 0.25) is 17.6 Å². The van der Waals surface area contributed by atoms with Crippen LogP contribution in [0, 0.1) is 5.92 Å². The molecule has 6 aromatic rings. The molecule has 0 spiro atoms. The van der Waals surface area contributed by atoms with E-state index in [-0.39, 0.29) is 59.6 Å². The molecule has 6 amide bonds. The molecule has 302 valence electrons. The second-order valence-corrected chi connectivity index (χ2v) is 13.7. The van der Waals surface area contributed by atoms with Crippen LogP contribution in [0.3, 0.4) is 0 Å². The molecule has 6 heterocycles. The first-order valence-electron chi connectivity index (χ1n) is 17.9. The molecule has 0 aromatic carbocycles. The van der Waals surface area contributed by atoms with Gasteiger partial charge in [-0.1, -0.05) is 6.92 Å². The lowest BCUT2D eigenvalue weighted by Crippen LogP contribution is -2.30. The fourth-order valence-corrected chi connectivity index (χ4v) is 5.97. The molecule has 0 radical (unpaired) electrons. The van der Waals surface area contributed by atoms with Crippen molar-refractivity contribution in [2.45, 2.75) is 13.3 Å². The number of hydrogen-bond acceptors (Lipinski definition) is 9. The Morgan fingerprint density at radius 2 is 1.10 bits per heavy atom. The predicted octanol–water partition coefficient (Wildman–Crippen LogP) is 2.31. The van der Waals surface area contributed by atoms with E-state index in [4.69, 9.17) is 0 Å². The summed E-state index contributed by atoms with van der Waals surface area (Å²) in [5.74, 6) is -2.82. The largest absolute Gasteiger partial charge is 0.355 e. The molecule has 0 saturated heterocycles. The minimum absolute atomic E-state index is 0.0123. The normalized spacial score (nSPS) is 11.5. The first kappa shape index (κ1) is 40.0. The maximum Gasteiger partial charge on any atom is 0.292 e. The number of aromatic nitrogens is 9. The molecule has 21 heteroatoms. The van der Waals surface area contributed by atoms with Crippen LogP contribution in [0.2, 0.25) is 0 Å². The van der Waals surface area contributed by atoms with E-state index in [2.05, 4.69) is 46.9 Å². The summed E-state index contributed by atoms with van der Waals surface area (Å²) < 4.78 is 9.42. The van der Waals surface area contributed by atoms with Gasteiger partial charge in [0, 0.05) is 104 Å². The van der Waals surface area contributed by atoms with Gasteiger partial charge in [-0.05, 0) is 24.6 Å². The van der Waals surface area contributed by atoms with Crippen LogP contribution in [0.5, 0.6) is 0 Å². The van der Waals surface area contributed by atoms with Crippen molar-refractivity contribution in [3.05, 3.63) is 96.6 Å². The van der Waals surface area contributed by atoms with Gasteiger partial charge in [-0.15, -0.1) is 0 Å². The van der Waals surface area contributed by atoms with Crippen LogP contribution in [-0.2, 0) is 47.1 Å². The van der Waals surface area contributed by atoms with Gasteiger partial charge in [-0.2, -0.15) is 0 Å². The zero-order valence-corrected chi connectivity index (χ0v) is 32.8. The quantitative estimate of drug-likeness (QED) is 0.0947. The first-order valence-corrected chi connectivity index (χ1v) is 17.9. The van der Waals surface area contributed by atoms with E-state index < -0.39 is 29.5 Å². The number of carbonyl (C=O) groups excluding carboxylic acids is 6. The lowest BCUT2D eigenvalue weighted by atomic mass is 10.1. The van der Waals surface area contributed by atoms with E-state index in [0.29, 0.717) is 22.8 Å². The Bertz CT molecular complexity index is 2540. The van der Waals surface area contributed by atoms with Gasteiger partial charge in [-0.25, -0.2) is 15.0 Å². The standard InChI is InChI=1S/C37H43N15O6/c1-21(32(53)41-23-14-26(49(4)17-23)34(55)42-24-15-25(50(5)18-24)33(54)40-22-9-12-47(2)16-22)8-10-39-35(56)30-43-27(19-51(30)6)46-37(58)31-44-28(20-52(31)7)45-36(57)29-38-11-13-48(29)3/h9,11-21H,8,10H2,1-7H3,(H,39,56)(H,40,54)(H,41,53)(H,42,55)(H,45,57)(H,46,58). The lowest BCUT2D eigenvalue weighted by molar-refractivity contribution is -0.119. The Kier molecular flexibility index (Phi) is 11.4. The highest BCUT2D eigenvalue weighted by atomic mass is 16.2. The molecule has 0 fully saturated rings. The summed E-state index contributed by atoms with van der Waals surface area (Å²) in [6.45, 7) is 1.85. The molecule has 0 saturated carbocycles. The van der Waals surface area contributed by atoms with Crippen molar-refractivity contribution in [2.75, 3.05) is 33.1 Å². The molecule has 6 aromatic heterocycles. The maximum absolute atomic E-state index is 13.2. The number of rotatable bonds is 14. The summed E-state index contributed by atoms with van der Waals surface area (Å²) in [5, 5.41) is 16.4. The fraction of sp³-hybridized carbons (Fsp3) is 0.270. The van der Waals surface area contributed by atoms with Crippen molar-refractivity contribution >= 4 is 64.1 Å². The molecule has 21 nitrogen and oxygen atoms in total. The Morgan fingerprint density at radius 3 is 1.64 bits per heavy atom. The highest BCUT2D eigenvalue weighted by Crippen LogP contribution is 2.20. The number of carbonyl (C=O) groups is 6. The molecule has 0 aliphatic carbocycles. The number of nitrogens with one attached hydrogen (secondary N) is 6. The molecule has 0 bridgehead atoms. The molecule has 6 rings (SSSR count). The highest BCUT2D eigenvalue weighted by Gasteiger charge is 2.22. The molecular formula is C37H43N15O6. The van der Waals surface area contributed by atoms with Gasteiger partial charge >= 0.3 is 0 Å². The summed E-state index contributed by atoms with van der Waals surface area (Å²) in [7, 11) is 10.1. The van der Waals surface area contributed by atoms with Crippen LogP contribution in [0.15, 0.2) is 67.8 Å². The minimum atomic E-state index is -0.619. The number of imidazole rings is 3. The average Bonchev–Trinajstić information content (AvgIpc) is 4.02. The third-order valence-corrected chi connectivity index (χ3v) is 9.07. The van der Waals surface area contributed by atoms with Crippen molar-refractivity contribution in [1.82, 2.24) is 47.7 Å². The van der Waals surface area contributed by atoms with E-state index in [1.807, 2.05) is 17.8 Å². The second-order valence-electron chi connectivity index (χ2n) is 13.7. The predicted molar refractivity (Wildman–Crippen MR) is 212 cm³/mol. The zero-order valence-electron chi connectivity index (χ0n) is 32.8. The lowest BCUT2D eigenvalue weighted by Gasteiger charge is -2.12. The number of anilines is 5. The molecule has 1 unspecified atom stereocenters. The van der Waals surface area contributed by atoms with Crippen LogP contribution >= 0.6 is 0 Å². The monoisotopic (exact) mass is 793 g/mol. The Labute approximate surface area is 331 Å². The van der Waals surface area contributed by atoms with E-state index in [1.54, 1.807) is 98.8 Å². The Hall–Kier alpha value is -7.71. The van der Waals surface area contributed by atoms with Crippen molar-refractivity contribution in [2.24, 2.45) is 48.2 Å². The summed E-state index contributed by atoms with van der Waals surface area (Å²) in [6, 6.07) is 4.89. The van der Waals surface area contributed by atoms with Crippen LogP contribution in [-0.4, -0.2) is 84.3 Å². The topological polar surface area (TPSA) is 243 Å². The van der Waals surface area contributed by atoms with E-state index in [9.17, 15) is 28.8 Å². The van der Waals surface area contributed by atoms with Crippen LogP contribution in [0.1, 0.15) is 66.2 Å². The van der Waals surface area contributed by atoms with Crippen molar-refractivity contribution in [3.63, 3.8) is 0 Å². The average molecular weight is 794 g/mol. The minimum Gasteiger partial charge on any atom is -0.355 e. The van der Waals surface area contributed by atoms with Crippen LogP contribution < -0.4 is 31.9 Å². The van der Waals surface area contributed by atoms with Gasteiger partial charge < -0.3 is 59.3 Å². The SMILES string of the molecule is CC(CCNC(=O)c1nc(NC(=O)c2nc(NC(=O)c3nccn3C)cn2C)cn1C)C(=O)Nc1cc(C(=O)Nc2cc(C(=O)Nc3ccn(C)c3)n(C)c2)n(C)c1. The van der Waals surface area contributed by atoms with Crippen LogP contribution in [0.25, 0.3) is 0 Å². The van der Waals surface area contributed by atoms with Crippen molar-refractivity contribution in [1.29, 1.82) is 0 Å². The van der Waals surface area contributed by atoms with Crippen LogP contribution in [0.4, 0.5) is 28.7 Å². The maximum atomic E-state index is 13.2. The molecule has 6 N–H and O–H groups in total. The molecule has 58 heavy (non-hydrogen) atoms. The number of hydrogen-bond donors (Lipinski definition) is 6. The van der Waals surface area contributed by atoms with E-state index >= 15 is 0 Å². The summed E-state index contributed by atoms with van der Waals surface area (Å²) in [5.41, 5.74) is 2.09. The molecule has 0 aliphatic rings. The summed E-state index contributed by atoms with van der Waals surface area (Å²) >= 11 is 0. The molecule has 0 aliphatic heterocycles. The van der Waals surface area contributed by atoms with Crippen molar-refractivity contribution in [3.8, 4) is 0 Å². The number of amides is 6. The van der Waals surface area contributed by atoms with E-state index in [0.717, 1.165) is 0 Å². The molecular weight excluding hydrogens is 751 g/mol. The van der Waals surface area contributed by atoms with Crippen molar-refractivity contribution < 1.29 is 28.8 Å². The summed E-state index contributed by atoms with van der Waals surface area (Å²) in [6.07, 6.45) is 13.2. The Morgan fingerprint density at radius 1 is 0.569 bits per heavy atom. The third-order valence-electron chi connectivity index (χ3n) is 9.07. The van der Waals surface area contributed by atoms with Gasteiger partial charge in [0.05, 0.1) is 17.1 Å². The fourth-order valence-electron chi connectivity index (χ4n) is 5.97. The number of aryl methyl sites for hydroxylation is 6. The van der Waals surface area contributed by atoms with Gasteiger partial charge in [-0.3, -0.25) is 28.8 Å². The van der Waals surface area contributed by atoms with Gasteiger partial charge in [0.15, 0.2) is 17.5 Å². The highest BCUT2D eigenvalue weighted by molar-refractivity contribution is 6.07. The zero-order chi connectivity index (χ0) is 41.8. The van der Waals surface area contributed by atoms with Gasteiger partial charge in [0.25, 0.3) is 29.5 Å². The first-order chi connectivity index (χ1) is 27.6. The smallest absolute Gasteiger partial charge is 0.292 e.